The van der Waals surface area contributed by atoms with Gasteiger partial charge in [0.2, 0.25) is 0 Å². The quantitative estimate of drug-likeness (QED) is 0.789. The summed E-state index contributed by atoms with van der Waals surface area (Å²) in [6.45, 7) is 6.64. The Balaban J connectivity index is 2.29. The van der Waals surface area contributed by atoms with Crippen molar-refractivity contribution in [2.75, 3.05) is 7.05 Å². The second-order valence-electron chi connectivity index (χ2n) is 5.87. The lowest BCUT2D eigenvalue weighted by molar-refractivity contribution is 0.682. The van der Waals surface area contributed by atoms with Crippen molar-refractivity contribution in [1.82, 2.24) is 5.32 Å². The summed E-state index contributed by atoms with van der Waals surface area (Å²) < 4.78 is 0. The van der Waals surface area contributed by atoms with Crippen molar-refractivity contribution >= 4 is 0 Å². The van der Waals surface area contributed by atoms with E-state index in [1.807, 2.05) is 7.05 Å². The topological polar surface area (TPSA) is 12.0 Å². The van der Waals surface area contributed by atoms with Crippen molar-refractivity contribution in [2.45, 2.75) is 46.1 Å². The molecule has 0 heterocycles. The van der Waals surface area contributed by atoms with Gasteiger partial charge in [-0.15, -0.1) is 0 Å². The molecule has 1 N–H and O–H groups in total. The van der Waals surface area contributed by atoms with E-state index in [-0.39, 0.29) is 6.04 Å². The van der Waals surface area contributed by atoms with E-state index >= 15 is 0 Å². The molecule has 112 valence electrons. The molecule has 0 fully saturated rings. The van der Waals surface area contributed by atoms with Crippen LogP contribution >= 0.6 is 0 Å². The number of aryl methyl sites for hydroxylation is 3. The number of hydrogen-bond donors (Lipinski definition) is 1. The Hall–Kier alpha value is -1.60. The largest absolute Gasteiger partial charge is 0.309 e. The zero-order valence-electron chi connectivity index (χ0n) is 13.7. The fourth-order valence-electron chi connectivity index (χ4n) is 3.02. The smallest absolute Gasteiger partial charge is 0.0579 e. The summed E-state index contributed by atoms with van der Waals surface area (Å²) in [5.74, 6) is 0. The van der Waals surface area contributed by atoms with Crippen molar-refractivity contribution in [3.63, 3.8) is 0 Å². The monoisotopic (exact) mass is 281 g/mol. The molecule has 2 aromatic carbocycles. The molecule has 0 bridgehead atoms. The van der Waals surface area contributed by atoms with Crippen molar-refractivity contribution in [2.24, 2.45) is 0 Å². The van der Waals surface area contributed by atoms with Gasteiger partial charge in [-0.25, -0.2) is 0 Å². The Morgan fingerprint density at radius 3 is 2.10 bits per heavy atom. The van der Waals surface area contributed by atoms with Gasteiger partial charge in [0.05, 0.1) is 6.04 Å². The lowest BCUT2D eigenvalue weighted by Gasteiger charge is -2.22. The van der Waals surface area contributed by atoms with Crippen molar-refractivity contribution in [3.05, 3.63) is 70.3 Å². The third-order valence-corrected chi connectivity index (χ3v) is 4.25. The highest BCUT2D eigenvalue weighted by molar-refractivity contribution is 5.42. The van der Waals surface area contributed by atoms with Crippen LogP contribution in [0, 0.1) is 13.8 Å². The Kier molecular flexibility index (Phi) is 5.58. The zero-order valence-corrected chi connectivity index (χ0v) is 13.7. The average molecular weight is 281 g/mol. The van der Waals surface area contributed by atoms with Crippen LogP contribution in [0.4, 0.5) is 0 Å². The maximum Gasteiger partial charge on any atom is 0.0579 e. The lowest BCUT2D eigenvalue weighted by atomic mass is 9.91. The van der Waals surface area contributed by atoms with Gasteiger partial charge in [0.15, 0.2) is 0 Å². The molecule has 0 aliphatic rings. The molecular formula is C20H27N. The van der Waals surface area contributed by atoms with Gasteiger partial charge in [-0.2, -0.15) is 0 Å². The molecule has 2 aromatic rings. The van der Waals surface area contributed by atoms with E-state index in [0.717, 1.165) is 0 Å². The van der Waals surface area contributed by atoms with Gasteiger partial charge in [0, 0.05) is 0 Å². The molecule has 21 heavy (non-hydrogen) atoms. The fraction of sp³-hybridized carbons (Fsp3) is 0.400. The fourth-order valence-corrected chi connectivity index (χ4v) is 3.02. The Morgan fingerprint density at radius 2 is 1.57 bits per heavy atom. The van der Waals surface area contributed by atoms with E-state index in [0.29, 0.717) is 0 Å². The highest BCUT2D eigenvalue weighted by Gasteiger charge is 2.16. The summed E-state index contributed by atoms with van der Waals surface area (Å²) in [4.78, 5) is 0. The summed E-state index contributed by atoms with van der Waals surface area (Å²) in [7, 11) is 2.04. The molecule has 0 radical (unpaired) electrons. The Labute approximate surface area is 129 Å². The van der Waals surface area contributed by atoms with Crippen LogP contribution in [-0.4, -0.2) is 7.05 Å². The third-order valence-electron chi connectivity index (χ3n) is 4.25. The molecule has 0 saturated carbocycles. The summed E-state index contributed by atoms with van der Waals surface area (Å²) in [6.07, 6.45) is 3.71. The highest BCUT2D eigenvalue weighted by Crippen LogP contribution is 2.27. The number of unbranched alkanes of at least 4 members (excludes halogenated alkanes) is 1. The Morgan fingerprint density at radius 1 is 0.952 bits per heavy atom. The minimum atomic E-state index is 0.270. The molecule has 0 aliphatic carbocycles. The van der Waals surface area contributed by atoms with Gasteiger partial charge in [-0.3, -0.25) is 0 Å². The highest BCUT2D eigenvalue weighted by atomic mass is 14.9. The minimum Gasteiger partial charge on any atom is -0.309 e. The SMILES string of the molecule is CCCCc1ccc(C(NC)c2c(C)cccc2C)cc1. The first kappa shape index (κ1) is 15.8. The van der Waals surface area contributed by atoms with E-state index in [1.54, 1.807) is 0 Å². The number of hydrogen-bond acceptors (Lipinski definition) is 1. The molecule has 1 atom stereocenters. The maximum absolute atomic E-state index is 3.48. The van der Waals surface area contributed by atoms with Crippen molar-refractivity contribution in [3.8, 4) is 0 Å². The standard InChI is InChI=1S/C20H27N/c1-5-6-10-17-11-13-18(14-12-17)20(21-4)19-15(2)8-7-9-16(19)3/h7-9,11-14,20-21H,5-6,10H2,1-4H3. The first-order valence-electron chi connectivity index (χ1n) is 7.99. The van der Waals surface area contributed by atoms with Crippen LogP contribution in [0.2, 0.25) is 0 Å². The summed E-state index contributed by atoms with van der Waals surface area (Å²) in [5, 5.41) is 3.48. The van der Waals surface area contributed by atoms with E-state index in [2.05, 4.69) is 68.6 Å². The molecule has 1 nitrogen and oxygen atoms in total. The molecule has 0 aromatic heterocycles. The Bertz CT molecular complexity index is 549. The number of nitrogens with one attached hydrogen (secondary N) is 1. The summed E-state index contributed by atoms with van der Waals surface area (Å²) in [5.41, 5.74) is 6.89. The average Bonchev–Trinajstić information content (AvgIpc) is 2.50. The predicted molar refractivity (Wildman–Crippen MR) is 91.9 cm³/mol. The van der Waals surface area contributed by atoms with Crippen LogP contribution in [0.1, 0.15) is 53.6 Å². The third kappa shape index (κ3) is 3.74. The maximum atomic E-state index is 3.48. The predicted octanol–water partition coefficient (Wildman–Crippen LogP) is 4.95. The van der Waals surface area contributed by atoms with Crippen LogP contribution < -0.4 is 5.32 Å². The molecular weight excluding hydrogens is 254 g/mol. The van der Waals surface area contributed by atoms with E-state index in [4.69, 9.17) is 0 Å². The molecule has 0 amide bonds. The normalized spacial score (nSPS) is 12.4. The summed E-state index contributed by atoms with van der Waals surface area (Å²) in [6, 6.07) is 15.9. The summed E-state index contributed by atoms with van der Waals surface area (Å²) >= 11 is 0. The van der Waals surface area contributed by atoms with Gasteiger partial charge >= 0.3 is 0 Å². The molecule has 1 heteroatoms. The van der Waals surface area contributed by atoms with Gasteiger partial charge in [0.1, 0.15) is 0 Å². The van der Waals surface area contributed by atoms with Gasteiger partial charge in [-0.1, -0.05) is 55.8 Å². The van der Waals surface area contributed by atoms with Gasteiger partial charge in [0.25, 0.3) is 0 Å². The molecule has 0 aliphatic heterocycles. The van der Waals surface area contributed by atoms with Gasteiger partial charge < -0.3 is 5.32 Å². The minimum absolute atomic E-state index is 0.270. The van der Waals surface area contributed by atoms with E-state index in [1.165, 1.54) is 47.1 Å². The van der Waals surface area contributed by atoms with Crippen molar-refractivity contribution < 1.29 is 0 Å². The van der Waals surface area contributed by atoms with E-state index in [9.17, 15) is 0 Å². The zero-order chi connectivity index (χ0) is 15.2. The van der Waals surface area contributed by atoms with Gasteiger partial charge in [-0.05, 0) is 61.6 Å². The van der Waals surface area contributed by atoms with E-state index < -0.39 is 0 Å². The van der Waals surface area contributed by atoms with Crippen LogP contribution in [0.5, 0.6) is 0 Å². The second kappa shape index (κ2) is 7.42. The van der Waals surface area contributed by atoms with Crippen LogP contribution in [-0.2, 0) is 6.42 Å². The number of rotatable bonds is 6. The first-order chi connectivity index (χ1) is 10.2. The number of benzene rings is 2. The second-order valence-corrected chi connectivity index (χ2v) is 5.87. The molecule has 2 rings (SSSR count). The first-order valence-corrected chi connectivity index (χ1v) is 7.99. The molecule has 0 saturated heterocycles. The van der Waals surface area contributed by atoms with Crippen molar-refractivity contribution in [1.29, 1.82) is 0 Å². The molecule has 1 unspecified atom stereocenters. The van der Waals surface area contributed by atoms with Crippen LogP contribution in [0.25, 0.3) is 0 Å². The van der Waals surface area contributed by atoms with Crippen LogP contribution in [0.15, 0.2) is 42.5 Å². The lowest BCUT2D eigenvalue weighted by Crippen LogP contribution is -2.19. The molecule has 0 spiro atoms. The van der Waals surface area contributed by atoms with Crippen LogP contribution in [0.3, 0.4) is 0 Å².